The lowest BCUT2D eigenvalue weighted by Gasteiger charge is -2.23. The number of hydrogen-bond acceptors (Lipinski definition) is 3. The van der Waals surface area contributed by atoms with Crippen molar-refractivity contribution in [1.29, 1.82) is 0 Å². The van der Waals surface area contributed by atoms with E-state index in [1.807, 2.05) is 13.8 Å². The van der Waals surface area contributed by atoms with Crippen LogP contribution in [-0.4, -0.2) is 11.0 Å². The Morgan fingerprint density at radius 2 is 1.95 bits per heavy atom. The second kappa shape index (κ2) is 6.11. The minimum absolute atomic E-state index is 0.0208. The Morgan fingerprint density at radius 1 is 1.24 bits per heavy atom. The SMILES string of the molecule is CC(C)NC(c1nccs1)c1ccc(F)cc1C(F)(F)F. The van der Waals surface area contributed by atoms with Crippen LogP contribution in [0.4, 0.5) is 17.6 Å². The highest BCUT2D eigenvalue weighted by molar-refractivity contribution is 7.09. The molecule has 1 unspecified atom stereocenters. The van der Waals surface area contributed by atoms with Crippen LogP contribution in [0.15, 0.2) is 29.8 Å². The number of halogens is 4. The Hall–Kier alpha value is -1.47. The molecular formula is C14H14F4N2S. The van der Waals surface area contributed by atoms with Gasteiger partial charge in [-0.15, -0.1) is 11.3 Å². The van der Waals surface area contributed by atoms with Gasteiger partial charge in [0.1, 0.15) is 10.8 Å². The first-order valence-corrected chi connectivity index (χ1v) is 7.19. The van der Waals surface area contributed by atoms with Crippen LogP contribution < -0.4 is 5.32 Å². The van der Waals surface area contributed by atoms with Gasteiger partial charge in [-0.25, -0.2) is 9.37 Å². The number of benzene rings is 1. The van der Waals surface area contributed by atoms with Gasteiger partial charge in [0.15, 0.2) is 0 Å². The van der Waals surface area contributed by atoms with Crippen LogP contribution in [0.25, 0.3) is 0 Å². The lowest BCUT2D eigenvalue weighted by Crippen LogP contribution is -2.30. The third-order valence-corrected chi connectivity index (χ3v) is 3.67. The molecule has 0 bridgehead atoms. The van der Waals surface area contributed by atoms with Gasteiger partial charge in [0, 0.05) is 17.6 Å². The van der Waals surface area contributed by atoms with Crippen molar-refractivity contribution in [2.45, 2.75) is 32.1 Å². The monoisotopic (exact) mass is 318 g/mol. The highest BCUT2D eigenvalue weighted by atomic mass is 32.1. The van der Waals surface area contributed by atoms with Crippen molar-refractivity contribution in [3.05, 3.63) is 51.7 Å². The summed E-state index contributed by atoms with van der Waals surface area (Å²) in [6.07, 6.45) is -3.09. The molecule has 0 aliphatic carbocycles. The van der Waals surface area contributed by atoms with E-state index in [4.69, 9.17) is 0 Å². The van der Waals surface area contributed by atoms with Crippen molar-refractivity contribution in [3.8, 4) is 0 Å². The van der Waals surface area contributed by atoms with Crippen molar-refractivity contribution in [3.63, 3.8) is 0 Å². The Bertz CT molecular complexity index is 594. The number of aromatic nitrogens is 1. The van der Waals surface area contributed by atoms with E-state index in [-0.39, 0.29) is 11.6 Å². The summed E-state index contributed by atoms with van der Waals surface area (Å²) in [5.74, 6) is -0.909. The lowest BCUT2D eigenvalue weighted by atomic mass is 9.99. The van der Waals surface area contributed by atoms with Crippen molar-refractivity contribution in [1.82, 2.24) is 10.3 Å². The molecule has 114 valence electrons. The van der Waals surface area contributed by atoms with Crippen molar-refractivity contribution in [2.24, 2.45) is 0 Å². The molecule has 1 heterocycles. The van der Waals surface area contributed by atoms with Gasteiger partial charge < -0.3 is 5.32 Å². The van der Waals surface area contributed by atoms with Crippen molar-refractivity contribution >= 4 is 11.3 Å². The molecule has 0 amide bonds. The van der Waals surface area contributed by atoms with Crippen LogP contribution in [0.1, 0.15) is 36.0 Å². The van der Waals surface area contributed by atoms with Crippen LogP contribution in [0.5, 0.6) is 0 Å². The molecule has 21 heavy (non-hydrogen) atoms. The van der Waals surface area contributed by atoms with Crippen LogP contribution in [0, 0.1) is 5.82 Å². The van der Waals surface area contributed by atoms with E-state index in [0.717, 1.165) is 6.07 Å². The van der Waals surface area contributed by atoms with Gasteiger partial charge in [0.2, 0.25) is 0 Å². The average molecular weight is 318 g/mol. The molecule has 0 aliphatic rings. The van der Waals surface area contributed by atoms with E-state index in [1.165, 1.54) is 23.6 Å². The van der Waals surface area contributed by atoms with Gasteiger partial charge in [-0.1, -0.05) is 6.07 Å². The highest BCUT2D eigenvalue weighted by Crippen LogP contribution is 2.37. The second-order valence-corrected chi connectivity index (χ2v) is 5.78. The summed E-state index contributed by atoms with van der Waals surface area (Å²) in [7, 11) is 0. The van der Waals surface area contributed by atoms with Gasteiger partial charge in [-0.3, -0.25) is 0 Å². The molecule has 0 saturated carbocycles. The second-order valence-electron chi connectivity index (χ2n) is 4.85. The molecule has 1 atom stereocenters. The summed E-state index contributed by atoms with van der Waals surface area (Å²) in [5, 5.41) is 5.27. The third kappa shape index (κ3) is 3.79. The number of alkyl halides is 3. The molecule has 0 aliphatic heterocycles. The first-order chi connectivity index (χ1) is 9.79. The van der Waals surface area contributed by atoms with E-state index in [1.54, 1.807) is 5.38 Å². The standard InChI is InChI=1S/C14H14F4N2S/c1-8(2)20-12(13-19-5-6-21-13)10-4-3-9(15)7-11(10)14(16,17)18/h3-8,12,20H,1-2H3. The fourth-order valence-electron chi connectivity index (χ4n) is 2.03. The molecule has 1 N–H and O–H groups in total. The van der Waals surface area contributed by atoms with Crippen molar-refractivity contribution < 1.29 is 17.6 Å². The predicted molar refractivity (Wildman–Crippen MR) is 73.6 cm³/mol. The minimum atomic E-state index is -4.62. The van der Waals surface area contributed by atoms with Crippen LogP contribution >= 0.6 is 11.3 Å². The Labute approximate surface area is 123 Å². The molecule has 1 aromatic heterocycles. The number of nitrogens with zero attached hydrogens (tertiary/aromatic N) is 1. The summed E-state index contributed by atoms with van der Waals surface area (Å²) >= 11 is 1.26. The summed E-state index contributed by atoms with van der Waals surface area (Å²) in [5.41, 5.74) is -0.997. The number of thiazole rings is 1. The third-order valence-electron chi connectivity index (χ3n) is 2.83. The van der Waals surface area contributed by atoms with E-state index >= 15 is 0 Å². The first-order valence-electron chi connectivity index (χ1n) is 6.31. The largest absolute Gasteiger partial charge is 0.416 e. The zero-order valence-corrected chi connectivity index (χ0v) is 12.2. The van der Waals surface area contributed by atoms with Crippen LogP contribution in [0.2, 0.25) is 0 Å². The average Bonchev–Trinajstić information content (AvgIpc) is 2.88. The van der Waals surface area contributed by atoms with E-state index in [9.17, 15) is 17.6 Å². The van der Waals surface area contributed by atoms with Crippen LogP contribution in [0.3, 0.4) is 0 Å². The summed E-state index contributed by atoms with van der Waals surface area (Å²) in [6.45, 7) is 3.66. The molecule has 1 aromatic carbocycles. The molecule has 0 spiro atoms. The predicted octanol–water partition coefficient (Wildman–Crippen LogP) is 4.39. The fourth-order valence-corrected chi connectivity index (χ4v) is 2.74. The van der Waals surface area contributed by atoms with E-state index < -0.39 is 23.6 Å². The quantitative estimate of drug-likeness (QED) is 0.846. The first kappa shape index (κ1) is 15.9. The fraction of sp³-hybridized carbons (Fsp3) is 0.357. The van der Waals surface area contributed by atoms with Gasteiger partial charge in [-0.05, 0) is 31.5 Å². The highest BCUT2D eigenvalue weighted by Gasteiger charge is 2.36. The molecule has 0 radical (unpaired) electrons. The minimum Gasteiger partial charge on any atom is -0.302 e. The summed E-state index contributed by atoms with van der Waals surface area (Å²) in [4.78, 5) is 4.09. The number of rotatable bonds is 4. The Balaban J connectivity index is 2.55. The zero-order chi connectivity index (χ0) is 15.6. The van der Waals surface area contributed by atoms with Crippen LogP contribution in [-0.2, 0) is 6.18 Å². The maximum atomic E-state index is 13.2. The Morgan fingerprint density at radius 3 is 2.48 bits per heavy atom. The Kier molecular flexibility index (Phi) is 4.63. The normalized spacial score (nSPS) is 13.7. The lowest BCUT2D eigenvalue weighted by molar-refractivity contribution is -0.138. The molecule has 2 aromatic rings. The van der Waals surface area contributed by atoms with E-state index in [0.29, 0.717) is 11.1 Å². The van der Waals surface area contributed by atoms with Crippen molar-refractivity contribution in [2.75, 3.05) is 0 Å². The zero-order valence-electron chi connectivity index (χ0n) is 11.4. The molecule has 2 nitrogen and oxygen atoms in total. The topological polar surface area (TPSA) is 24.9 Å². The van der Waals surface area contributed by atoms with Gasteiger partial charge in [-0.2, -0.15) is 13.2 Å². The van der Waals surface area contributed by atoms with Gasteiger partial charge >= 0.3 is 6.18 Å². The molecule has 0 fully saturated rings. The smallest absolute Gasteiger partial charge is 0.302 e. The van der Waals surface area contributed by atoms with Gasteiger partial charge in [0.05, 0.1) is 11.6 Å². The molecular weight excluding hydrogens is 304 g/mol. The maximum Gasteiger partial charge on any atom is 0.416 e. The number of hydrogen-bond donors (Lipinski definition) is 1. The number of nitrogens with one attached hydrogen (secondary N) is 1. The van der Waals surface area contributed by atoms with Gasteiger partial charge in [0.25, 0.3) is 0 Å². The summed E-state index contributed by atoms with van der Waals surface area (Å²) in [6, 6.07) is 1.96. The van der Waals surface area contributed by atoms with E-state index in [2.05, 4.69) is 10.3 Å². The molecule has 2 rings (SSSR count). The molecule has 0 saturated heterocycles. The summed E-state index contributed by atoms with van der Waals surface area (Å²) < 4.78 is 52.7. The maximum absolute atomic E-state index is 13.2. The molecule has 7 heteroatoms.